The maximum atomic E-state index is 13.9. The van der Waals surface area contributed by atoms with Gasteiger partial charge >= 0.3 is 0 Å². The quantitative estimate of drug-likeness (QED) is 0.164. The first kappa shape index (κ1) is 47.2. The fourth-order valence-corrected chi connectivity index (χ4v) is 7.21. The molecule has 3 aliphatic rings. The van der Waals surface area contributed by atoms with Crippen molar-refractivity contribution in [1.29, 1.82) is 0 Å². The number of ketones is 2. The van der Waals surface area contributed by atoms with Crippen LogP contribution in [0, 0.1) is 11.8 Å². The first-order chi connectivity index (χ1) is 28.9. The van der Waals surface area contributed by atoms with E-state index in [1.54, 1.807) is 0 Å². The number of carbonyl (C=O) groups excluding carboxylic acids is 2. The van der Waals surface area contributed by atoms with Crippen molar-refractivity contribution in [2.75, 3.05) is 26.4 Å². The average Bonchev–Trinajstić information content (AvgIpc) is 3.20. The van der Waals surface area contributed by atoms with Gasteiger partial charge in [-0.05, 0) is 86.1 Å². The number of para-hydroxylation sites is 4. The molecule has 0 aromatic heterocycles. The molecule has 0 saturated heterocycles. The second kappa shape index (κ2) is 23.9. The monoisotopic (exact) mass is 928 g/mol. The molecule has 316 valence electrons. The van der Waals surface area contributed by atoms with Gasteiger partial charge in [0.1, 0.15) is 49.4 Å². The first-order valence-corrected chi connectivity index (χ1v) is 22.1. The minimum atomic E-state index is -0.750. The van der Waals surface area contributed by atoms with Gasteiger partial charge in [0.2, 0.25) is 0 Å². The summed E-state index contributed by atoms with van der Waals surface area (Å²) in [7, 11) is 0. The van der Waals surface area contributed by atoms with E-state index in [-0.39, 0.29) is 11.6 Å². The van der Waals surface area contributed by atoms with Crippen LogP contribution in [0.5, 0.6) is 23.0 Å². The number of benzene rings is 4. The zero-order valence-electron chi connectivity index (χ0n) is 33.2. The largest absolute Gasteiger partial charge is 0.489 e. The van der Waals surface area contributed by atoms with Crippen LogP contribution in [0.25, 0.3) is 24.3 Å². The van der Waals surface area contributed by atoms with Crippen molar-refractivity contribution in [2.24, 2.45) is 11.8 Å². The van der Waals surface area contributed by atoms with E-state index in [0.717, 1.165) is 44.5 Å². The van der Waals surface area contributed by atoms with E-state index in [0.29, 0.717) is 86.9 Å². The molecule has 1 aliphatic heterocycles. The summed E-state index contributed by atoms with van der Waals surface area (Å²) in [6, 6.07) is 31.1. The molecule has 0 radical (unpaired) electrons. The highest BCUT2D eigenvalue weighted by Crippen LogP contribution is 2.36. The summed E-state index contributed by atoms with van der Waals surface area (Å²) in [6.45, 7) is 5.59. The van der Waals surface area contributed by atoms with Crippen LogP contribution in [0.15, 0.2) is 119 Å². The molecule has 4 aromatic carbocycles. The van der Waals surface area contributed by atoms with Crippen LogP contribution in [-0.4, -0.2) is 46.6 Å². The summed E-state index contributed by atoms with van der Waals surface area (Å²) < 4.78 is 23.4. The molecule has 0 amide bonds. The van der Waals surface area contributed by atoms with Crippen LogP contribution >= 0.6 is 69.6 Å². The minimum absolute atomic E-state index is 0.0462. The summed E-state index contributed by atoms with van der Waals surface area (Å²) in [4.78, 5) is 27.8. The minimum Gasteiger partial charge on any atom is -0.489 e. The number of ether oxygens (including phenoxy) is 4. The van der Waals surface area contributed by atoms with E-state index in [2.05, 4.69) is 13.8 Å². The standard InChI is InChI=1S/C46H44O6.2CHCl3/c1-31-23-37-27-33-11-3-7-15-41(33)49-19-21-51-43-17-9-5-13-35(43)29-39-25-32(2)26-40(46(39)48)30-36-14-6-10-18-44(36)52-22-20-50-42-16-8-4-12-34(42)28-38(24-31)45(37)47;2*2-1(3)4/h3-18,27-32H,19-26H2,1-2H3;2*1H/b37-27-,38-28+,39-29-,40-30+;;. The van der Waals surface area contributed by atoms with E-state index in [1.165, 1.54) is 0 Å². The van der Waals surface area contributed by atoms with E-state index in [4.69, 9.17) is 88.6 Å². The SMILES string of the molecule is CC1C/C2=C/c3ccccc3OCCOc3ccccc3/C=C3/CC(C)C/C(=C\c4ccccc4OCCOc4ccccc4/C=C(\C1)C2=O)C3=O.ClC(Cl)Cl.ClC(Cl)Cl. The molecule has 1 heterocycles. The van der Waals surface area contributed by atoms with Crippen molar-refractivity contribution in [3.05, 3.63) is 142 Å². The molecule has 2 unspecified atom stereocenters. The Bertz CT molecular complexity index is 1910. The van der Waals surface area contributed by atoms with Gasteiger partial charge in [0.15, 0.2) is 20.2 Å². The van der Waals surface area contributed by atoms with Crippen molar-refractivity contribution >= 4 is 105 Å². The van der Waals surface area contributed by atoms with Crippen molar-refractivity contribution in [1.82, 2.24) is 0 Å². The highest BCUT2D eigenvalue weighted by atomic mass is 35.6. The lowest BCUT2D eigenvalue weighted by atomic mass is 9.80. The smallest absolute Gasteiger partial charge is 0.185 e. The Morgan fingerprint density at radius 1 is 0.400 bits per heavy atom. The van der Waals surface area contributed by atoms with Gasteiger partial charge < -0.3 is 18.9 Å². The van der Waals surface area contributed by atoms with Crippen LogP contribution in [0.1, 0.15) is 61.8 Å². The van der Waals surface area contributed by atoms with Crippen molar-refractivity contribution in [3.63, 3.8) is 0 Å². The Kier molecular flexibility index (Phi) is 18.8. The Labute approximate surface area is 382 Å². The third-order valence-electron chi connectivity index (χ3n) is 9.63. The summed E-state index contributed by atoms with van der Waals surface area (Å²) in [5, 5.41) is 0. The topological polar surface area (TPSA) is 71.1 Å². The second-order valence-corrected chi connectivity index (χ2v) is 18.4. The lowest BCUT2D eigenvalue weighted by Gasteiger charge is -2.23. The number of halogens is 6. The van der Waals surface area contributed by atoms with Gasteiger partial charge in [-0.1, -0.05) is 156 Å². The Morgan fingerprint density at radius 3 is 0.817 bits per heavy atom. The molecular formula is C48H46Cl6O6. The van der Waals surface area contributed by atoms with Gasteiger partial charge in [-0.15, -0.1) is 0 Å². The number of carbonyl (C=O) groups is 2. The van der Waals surface area contributed by atoms with Crippen LogP contribution in [0.3, 0.4) is 0 Å². The zero-order valence-corrected chi connectivity index (χ0v) is 37.8. The lowest BCUT2D eigenvalue weighted by molar-refractivity contribution is -0.113. The maximum Gasteiger partial charge on any atom is 0.185 e. The van der Waals surface area contributed by atoms with Gasteiger partial charge in [-0.2, -0.15) is 0 Å². The number of hydrogen-bond acceptors (Lipinski definition) is 6. The molecule has 2 atom stereocenters. The number of Topliss-reactive ketones (excluding diaryl/α,β-unsaturated/α-hetero) is 2. The first-order valence-electron chi connectivity index (χ1n) is 19.5. The molecule has 7 rings (SSSR count). The lowest BCUT2D eigenvalue weighted by Crippen LogP contribution is -2.18. The Morgan fingerprint density at radius 2 is 0.600 bits per heavy atom. The van der Waals surface area contributed by atoms with Crippen LogP contribution in [0.2, 0.25) is 0 Å². The molecule has 4 aromatic rings. The van der Waals surface area contributed by atoms with E-state index in [9.17, 15) is 9.59 Å². The predicted molar refractivity (Wildman–Crippen MR) is 249 cm³/mol. The zero-order chi connectivity index (χ0) is 43.0. The number of rotatable bonds is 0. The van der Waals surface area contributed by atoms with Crippen LogP contribution in [-0.2, 0) is 9.59 Å². The van der Waals surface area contributed by atoms with Crippen molar-refractivity contribution in [3.8, 4) is 23.0 Å². The van der Waals surface area contributed by atoms with Gasteiger partial charge in [0.25, 0.3) is 0 Å². The molecule has 6 nitrogen and oxygen atoms in total. The molecular weight excluding hydrogens is 885 g/mol. The molecule has 0 spiro atoms. The van der Waals surface area contributed by atoms with Crippen LogP contribution in [0.4, 0.5) is 0 Å². The summed E-state index contributed by atoms with van der Waals surface area (Å²) in [5.41, 5.74) is 6.44. The fourth-order valence-electron chi connectivity index (χ4n) is 7.21. The van der Waals surface area contributed by atoms with Crippen LogP contribution < -0.4 is 18.9 Å². The third kappa shape index (κ3) is 14.6. The maximum absolute atomic E-state index is 13.9. The highest BCUT2D eigenvalue weighted by molar-refractivity contribution is 6.63. The predicted octanol–water partition coefficient (Wildman–Crippen LogP) is 13.8. The Hall–Kier alpha value is -3.88. The molecule has 2 saturated carbocycles. The van der Waals surface area contributed by atoms with E-state index < -0.39 is 8.59 Å². The van der Waals surface area contributed by atoms with Crippen molar-refractivity contribution < 1.29 is 28.5 Å². The molecule has 0 N–H and O–H groups in total. The molecule has 2 aliphatic carbocycles. The Balaban J connectivity index is 0.000000785. The molecule has 2 fully saturated rings. The summed E-state index contributed by atoms with van der Waals surface area (Å²) >= 11 is 28.8. The number of hydrogen-bond donors (Lipinski definition) is 0. The second-order valence-electron chi connectivity index (χ2n) is 14.4. The number of fused-ring (bicyclic) bond motifs is 8. The molecule has 4 bridgehead atoms. The average molecular weight is 932 g/mol. The van der Waals surface area contributed by atoms with E-state index in [1.807, 2.05) is 121 Å². The number of alkyl halides is 6. The van der Waals surface area contributed by atoms with Crippen molar-refractivity contribution in [2.45, 2.75) is 48.1 Å². The normalized spacial score (nSPS) is 21.9. The fraction of sp³-hybridized carbons (Fsp3) is 0.292. The molecule has 12 heteroatoms. The highest BCUT2D eigenvalue weighted by Gasteiger charge is 2.27. The van der Waals surface area contributed by atoms with E-state index >= 15 is 0 Å². The van der Waals surface area contributed by atoms with Gasteiger partial charge in [-0.25, -0.2) is 0 Å². The van der Waals surface area contributed by atoms with Gasteiger partial charge in [-0.3, -0.25) is 9.59 Å². The summed E-state index contributed by atoms with van der Waals surface area (Å²) in [5.74, 6) is 3.45. The molecule has 60 heavy (non-hydrogen) atoms. The summed E-state index contributed by atoms with van der Waals surface area (Å²) in [6.07, 6.45) is 10.6. The van der Waals surface area contributed by atoms with Gasteiger partial charge in [0.05, 0.1) is 0 Å². The number of allylic oxidation sites excluding steroid dienone is 4. The third-order valence-corrected chi connectivity index (χ3v) is 9.63. The van der Waals surface area contributed by atoms with Gasteiger partial charge in [0, 0.05) is 44.5 Å².